The molecule has 7 rings (SSSR count). The van der Waals surface area contributed by atoms with Crippen molar-refractivity contribution in [1.82, 2.24) is 4.58 Å². The van der Waals surface area contributed by atoms with Crippen LogP contribution in [-0.4, -0.2) is 44.0 Å². The van der Waals surface area contributed by atoms with Gasteiger partial charge in [0.1, 0.15) is 13.2 Å². The van der Waals surface area contributed by atoms with E-state index in [-0.39, 0.29) is 22.8 Å². The highest BCUT2D eigenvalue weighted by Crippen LogP contribution is 2.49. The number of aryl methyl sites for hydroxylation is 2. The summed E-state index contributed by atoms with van der Waals surface area (Å²) in [5, 5.41) is 0. The molecule has 0 radical (unpaired) electrons. The average molecular weight is 775 g/mol. The van der Waals surface area contributed by atoms with Crippen LogP contribution in [0.3, 0.4) is 0 Å². The molecule has 7 heteroatoms. The predicted molar refractivity (Wildman–Crippen MR) is 237 cm³/mol. The molecule has 0 bridgehead atoms. The van der Waals surface area contributed by atoms with Gasteiger partial charge in [0.15, 0.2) is 0 Å². The lowest BCUT2D eigenvalue weighted by Gasteiger charge is -2.27. The number of ether oxygens (including phenoxy) is 2. The smallest absolute Gasteiger partial charge is 0.302 e. The maximum absolute atomic E-state index is 11.8. The molecule has 58 heavy (non-hydrogen) atoms. The van der Waals surface area contributed by atoms with Gasteiger partial charge in [-0.1, -0.05) is 112 Å². The van der Waals surface area contributed by atoms with Gasteiger partial charge in [-0.15, -0.1) is 0 Å². The summed E-state index contributed by atoms with van der Waals surface area (Å²) in [4.78, 5) is 28.3. The van der Waals surface area contributed by atoms with E-state index in [9.17, 15) is 9.59 Å². The number of nitrogens with zero attached hydrogens (tertiary/aromatic N) is 3. The topological polar surface area (TPSA) is 62.1 Å². The normalized spacial score (nSPS) is 19.3. The van der Waals surface area contributed by atoms with Gasteiger partial charge in [-0.3, -0.25) is 9.59 Å². The first kappa shape index (κ1) is 40.3. The Labute approximate surface area is 344 Å². The molecule has 0 N–H and O–H groups in total. The molecule has 298 valence electrons. The van der Waals surface area contributed by atoms with Crippen LogP contribution in [0.2, 0.25) is 0 Å². The van der Waals surface area contributed by atoms with Crippen LogP contribution in [0.5, 0.6) is 0 Å². The van der Waals surface area contributed by atoms with Crippen molar-refractivity contribution in [3.05, 3.63) is 166 Å². The molecule has 0 aromatic heterocycles. The number of carbonyl (C=O) groups excluding carboxylic acids is 2. The standard InChI is InChI=1S/C51H56N3O4/c1-35-19-25-45-43(33-35)50(5,6)47(52(45)29-31-57-37(3)55)27-23-39-21-22-40(49(39)54(41-15-11-9-12-16-41)42-17-13-10-14-18-42)24-28-48-51(7,8)44-34-36(2)20-26-46(44)53(48)30-32-58-38(4)56/h9-20,23-28,33-34H,21-22,29-32H2,1-8H3/q+1. The second-order valence-corrected chi connectivity index (χ2v) is 16.6. The van der Waals surface area contributed by atoms with Gasteiger partial charge in [-0.05, 0) is 62.1 Å². The van der Waals surface area contributed by atoms with Gasteiger partial charge in [0.25, 0.3) is 0 Å². The van der Waals surface area contributed by atoms with Crippen molar-refractivity contribution in [2.75, 3.05) is 36.1 Å². The number of hydrogen-bond acceptors (Lipinski definition) is 6. The number of benzene rings is 4. The van der Waals surface area contributed by atoms with Crippen LogP contribution in [-0.2, 0) is 29.9 Å². The number of para-hydroxylation sites is 2. The molecule has 2 aliphatic heterocycles. The number of allylic oxidation sites excluding steroid dienone is 8. The summed E-state index contributed by atoms with van der Waals surface area (Å²) in [7, 11) is 0. The summed E-state index contributed by atoms with van der Waals surface area (Å²) in [6.45, 7) is 18.1. The first-order chi connectivity index (χ1) is 27.8. The Kier molecular flexibility index (Phi) is 11.4. The molecule has 0 unspecified atom stereocenters. The fraction of sp³-hybridized carbons (Fsp3) is 0.314. The zero-order valence-electron chi connectivity index (χ0n) is 35.3. The van der Waals surface area contributed by atoms with Gasteiger partial charge in [0, 0.05) is 82.9 Å². The van der Waals surface area contributed by atoms with E-state index in [1.807, 2.05) is 0 Å². The van der Waals surface area contributed by atoms with Crippen molar-refractivity contribution < 1.29 is 19.1 Å². The lowest BCUT2D eigenvalue weighted by Crippen LogP contribution is -2.29. The molecule has 0 spiro atoms. The molecule has 0 atom stereocenters. The highest BCUT2D eigenvalue weighted by molar-refractivity contribution is 6.17. The molecule has 7 nitrogen and oxygen atoms in total. The highest BCUT2D eigenvalue weighted by Gasteiger charge is 2.42. The van der Waals surface area contributed by atoms with Crippen LogP contribution < -0.4 is 14.4 Å². The first-order valence-electron chi connectivity index (χ1n) is 20.4. The van der Waals surface area contributed by atoms with E-state index >= 15 is 0 Å². The molecule has 2 heterocycles. The summed E-state index contributed by atoms with van der Waals surface area (Å²) >= 11 is 0. The molecule has 0 saturated heterocycles. The molecule has 4 aromatic carbocycles. The van der Waals surface area contributed by atoms with Crippen LogP contribution >= 0.6 is 0 Å². The predicted octanol–water partition coefficient (Wildman–Crippen LogP) is 10.7. The SMILES string of the molecule is CC(=O)OCCN1C(=C/C=C2\CC/C(=C\C=C3\N(CCOC(C)=O)c4ccc(C)cc4C3(C)C)C2=[N+](c2ccccc2)c2ccccc2)C(C)(C)c2cc(C)ccc21. The zero-order valence-corrected chi connectivity index (χ0v) is 35.3. The van der Waals surface area contributed by atoms with E-state index < -0.39 is 0 Å². The fourth-order valence-electron chi connectivity index (χ4n) is 8.87. The van der Waals surface area contributed by atoms with Crippen molar-refractivity contribution in [3.63, 3.8) is 0 Å². The van der Waals surface area contributed by atoms with E-state index in [0.717, 1.165) is 41.3 Å². The number of carbonyl (C=O) groups is 2. The number of hydrogen-bond donors (Lipinski definition) is 0. The molecule has 1 aliphatic carbocycles. The van der Waals surface area contributed by atoms with Crippen molar-refractivity contribution in [3.8, 4) is 0 Å². The Hall–Kier alpha value is -5.95. The first-order valence-corrected chi connectivity index (χ1v) is 20.4. The minimum absolute atomic E-state index is 0.272. The fourth-order valence-corrected chi connectivity index (χ4v) is 8.87. The Morgan fingerprint density at radius 1 is 0.603 bits per heavy atom. The van der Waals surface area contributed by atoms with Gasteiger partial charge < -0.3 is 19.3 Å². The minimum Gasteiger partial charge on any atom is -0.464 e. The monoisotopic (exact) mass is 774 g/mol. The van der Waals surface area contributed by atoms with Gasteiger partial charge in [0.05, 0.1) is 13.1 Å². The summed E-state index contributed by atoms with van der Waals surface area (Å²) in [6.07, 6.45) is 11.0. The summed E-state index contributed by atoms with van der Waals surface area (Å²) < 4.78 is 13.3. The Morgan fingerprint density at radius 3 is 1.38 bits per heavy atom. The van der Waals surface area contributed by atoms with Gasteiger partial charge >= 0.3 is 11.9 Å². The number of anilines is 2. The van der Waals surface area contributed by atoms with Crippen LogP contribution in [0.1, 0.15) is 76.6 Å². The molecule has 0 amide bonds. The third-order valence-corrected chi connectivity index (χ3v) is 11.7. The van der Waals surface area contributed by atoms with E-state index in [1.165, 1.54) is 58.6 Å². The average Bonchev–Trinajstić information content (AvgIpc) is 3.74. The molecule has 1 saturated carbocycles. The maximum Gasteiger partial charge on any atom is 0.302 e. The van der Waals surface area contributed by atoms with E-state index in [0.29, 0.717) is 26.3 Å². The number of fused-ring (bicyclic) bond motifs is 2. The molecular weight excluding hydrogens is 719 g/mol. The second-order valence-electron chi connectivity index (χ2n) is 16.6. The van der Waals surface area contributed by atoms with Gasteiger partial charge in [-0.2, -0.15) is 4.58 Å². The van der Waals surface area contributed by atoms with Gasteiger partial charge in [0.2, 0.25) is 17.1 Å². The third kappa shape index (κ3) is 7.95. The third-order valence-electron chi connectivity index (χ3n) is 11.7. The lowest BCUT2D eigenvalue weighted by atomic mass is 9.83. The largest absolute Gasteiger partial charge is 0.464 e. The van der Waals surface area contributed by atoms with Crippen LogP contribution in [0.4, 0.5) is 22.7 Å². The van der Waals surface area contributed by atoms with Crippen molar-refractivity contribution in [2.45, 2.75) is 79.1 Å². The Balaban J connectivity index is 1.40. The van der Waals surface area contributed by atoms with Gasteiger partial charge in [-0.25, -0.2) is 0 Å². The maximum atomic E-state index is 11.8. The molecule has 1 fully saturated rings. The number of rotatable bonds is 10. The summed E-state index contributed by atoms with van der Waals surface area (Å²) in [6, 6.07) is 34.5. The quantitative estimate of drug-likeness (QED) is 0.118. The van der Waals surface area contributed by atoms with Crippen molar-refractivity contribution in [2.24, 2.45) is 0 Å². The van der Waals surface area contributed by atoms with Crippen LogP contribution in [0.15, 0.2) is 144 Å². The second kappa shape index (κ2) is 16.5. The lowest BCUT2D eigenvalue weighted by molar-refractivity contribution is -0.141. The molecule has 4 aromatic rings. The van der Waals surface area contributed by atoms with Crippen molar-refractivity contribution >= 4 is 40.4 Å². The number of esters is 2. The van der Waals surface area contributed by atoms with Crippen LogP contribution in [0, 0.1) is 13.8 Å². The Morgan fingerprint density at radius 2 is 1.00 bits per heavy atom. The zero-order chi connectivity index (χ0) is 41.2. The summed E-state index contributed by atoms with van der Waals surface area (Å²) in [5.41, 5.74) is 14.9. The molecular formula is C51H56N3O4+. The van der Waals surface area contributed by atoms with E-state index in [2.05, 4.69) is 177 Å². The van der Waals surface area contributed by atoms with Crippen LogP contribution in [0.25, 0.3) is 0 Å². The summed E-state index contributed by atoms with van der Waals surface area (Å²) in [5.74, 6) is -0.548. The van der Waals surface area contributed by atoms with Crippen molar-refractivity contribution in [1.29, 1.82) is 0 Å². The minimum atomic E-state index is -0.274. The highest BCUT2D eigenvalue weighted by atomic mass is 16.5. The van der Waals surface area contributed by atoms with E-state index in [1.54, 1.807) is 0 Å². The Bertz CT molecular complexity index is 2220. The molecule has 3 aliphatic rings. The van der Waals surface area contributed by atoms with E-state index in [4.69, 9.17) is 9.47 Å².